The van der Waals surface area contributed by atoms with Gasteiger partial charge in [-0.3, -0.25) is 4.79 Å². The number of ether oxygens (including phenoxy) is 1. The number of amides is 1. The van der Waals surface area contributed by atoms with E-state index in [2.05, 4.69) is 10.1 Å². The lowest BCUT2D eigenvalue weighted by molar-refractivity contribution is -0.121. The van der Waals surface area contributed by atoms with E-state index in [1.54, 1.807) is 12.1 Å². The molecule has 100 valence electrons. The Labute approximate surface area is 109 Å². The highest BCUT2D eigenvalue weighted by molar-refractivity contribution is 6.17. The maximum atomic E-state index is 11.9. The molecule has 1 aromatic rings. The molecule has 0 spiro atoms. The Morgan fingerprint density at radius 2 is 2.00 bits per heavy atom. The fourth-order valence-electron chi connectivity index (χ4n) is 1.31. The number of hydrogen-bond acceptors (Lipinski definition) is 2. The van der Waals surface area contributed by atoms with E-state index in [9.17, 15) is 13.6 Å². The molecule has 0 radical (unpaired) electrons. The van der Waals surface area contributed by atoms with E-state index in [0.717, 1.165) is 5.56 Å². The van der Waals surface area contributed by atoms with Crippen LogP contribution in [0.2, 0.25) is 0 Å². The van der Waals surface area contributed by atoms with Gasteiger partial charge in [0.05, 0.1) is 0 Å². The predicted molar refractivity (Wildman–Crippen MR) is 64.9 cm³/mol. The van der Waals surface area contributed by atoms with Crippen LogP contribution in [0.15, 0.2) is 24.3 Å². The molecule has 1 N–H and O–H groups in total. The van der Waals surface area contributed by atoms with Crippen LogP contribution in [0, 0.1) is 0 Å². The van der Waals surface area contributed by atoms with Crippen molar-refractivity contribution in [2.45, 2.75) is 26.0 Å². The monoisotopic (exact) mass is 277 g/mol. The van der Waals surface area contributed by atoms with Crippen LogP contribution in [0.4, 0.5) is 8.78 Å². The Hall–Kier alpha value is -1.36. The number of carbonyl (C=O) groups excluding carboxylic acids is 1. The van der Waals surface area contributed by atoms with Crippen LogP contribution in [0.5, 0.6) is 5.75 Å². The summed E-state index contributed by atoms with van der Waals surface area (Å²) in [7, 11) is 0. The second kappa shape index (κ2) is 7.87. The summed E-state index contributed by atoms with van der Waals surface area (Å²) in [6.45, 7) is -2.47. The maximum absolute atomic E-state index is 11.9. The van der Waals surface area contributed by atoms with Crippen molar-refractivity contribution >= 4 is 17.5 Å². The summed E-state index contributed by atoms with van der Waals surface area (Å²) in [4.78, 5) is 11.3. The Morgan fingerprint density at radius 3 is 2.56 bits per heavy atom. The Morgan fingerprint density at radius 1 is 1.33 bits per heavy atom. The van der Waals surface area contributed by atoms with Gasteiger partial charge in [0.2, 0.25) is 5.91 Å². The van der Waals surface area contributed by atoms with Crippen molar-refractivity contribution in [2.24, 2.45) is 0 Å². The SMILES string of the molecule is O=C(CCCCl)NCc1ccc(OC(F)F)cc1. The van der Waals surface area contributed by atoms with Crippen molar-refractivity contribution in [3.8, 4) is 5.75 Å². The molecule has 0 saturated carbocycles. The van der Waals surface area contributed by atoms with E-state index in [0.29, 0.717) is 25.3 Å². The zero-order valence-corrected chi connectivity index (χ0v) is 10.4. The van der Waals surface area contributed by atoms with Crippen LogP contribution in [0.25, 0.3) is 0 Å². The molecule has 1 rings (SSSR count). The van der Waals surface area contributed by atoms with Gasteiger partial charge in [-0.15, -0.1) is 11.6 Å². The lowest BCUT2D eigenvalue weighted by Crippen LogP contribution is -2.22. The molecule has 0 heterocycles. The van der Waals surface area contributed by atoms with Gasteiger partial charge in [-0.2, -0.15) is 8.78 Å². The maximum Gasteiger partial charge on any atom is 0.387 e. The number of carbonyl (C=O) groups is 1. The minimum absolute atomic E-state index is 0.0800. The van der Waals surface area contributed by atoms with Gasteiger partial charge in [0.25, 0.3) is 0 Å². The molecule has 0 saturated heterocycles. The number of hydrogen-bond donors (Lipinski definition) is 1. The molecule has 0 aliphatic heterocycles. The molecule has 0 aromatic heterocycles. The Balaban J connectivity index is 2.37. The van der Waals surface area contributed by atoms with Crippen LogP contribution in [0.1, 0.15) is 18.4 Å². The Bertz CT molecular complexity index is 371. The number of benzene rings is 1. The topological polar surface area (TPSA) is 38.3 Å². The molecule has 0 atom stereocenters. The molecule has 6 heteroatoms. The lowest BCUT2D eigenvalue weighted by Gasteiger charge is -2.07. The molecule has 1 amide bonds. The first-order valence-corrected chi connectivity index (χ1v) is 6.01. The minimum atomic E-state index is -2.83. The molecule has 3 nitrogen and oxygen atoms in total. The first kappa shape index (κ1) is 14.7. The van der Waals surface area contributed by atoms with Gasteiger partial charge < -0.3 is 10.1 Å². The largest absolute Gasteiger partial charge is 0.435 e. The molecule has 0 bridgehead atoms. The second-order valence-corrected chi connectivity index (χ2v) is 3.97. The highest BCUT2D eigenvalue weighted by atomic mass is 35.5. The van der Waals surface area contributed by atoms with Gasteiger partial charge in [0.15, 0.2) is 0 Å². The molecule has 0 aliphatic rings. The predicted octanol–water partition coefficient (Wildman–Crippen LogP) is 2.92. The van der Waals surface area contributed by atoms with Crippen molar-refractivity contribution in [3.63, 3.8) is 0 Å². The third-order valence-corrected chi connectivity index (χ3v) is 2.44. The first-order chi connectivity index (χ1) is 8.61. The van der Waals surface area contributed by atoms with Gasteiger partial charge in [0, 0.05) is 18.8 Å². The van der Waals surface area contributed by atoms with Gasteiger partial charge in [0.1, 0.15) is 5.75 Å². The Kier molecular flexibility index (Phi) is 6.43. The molecule has 0 unspecified atom stereocenters. The summed E-state index contributed by atoms with van der Waals surface area (Å²) in [5.74, 6) is 0.471. The quantitative estimate of drug-likeness (QED) is 0.778. The summed E-state index contributed by atoms with van der Waals surface area (Å²) in [6, 6.07) is 6.12. The van der Waals surface area contributed by atoms with Crippen molar-refractivity contribution < 1.29 is 18.3 Å². The van der Waals surface area contributed by atoms with Crippen molar-refractivity contribution in [2.75, 3.05) is 5.88 Å². The van der Waals surface area contributed by atoms with Crippen molar-refractivity contribution in [3.05, 3.63) is 29.8 Å². The molecular formula is C12H14ClF2NO2. The zero-order valence-electron chi connectivity index (χ0n) is 9.67. The fraction of sp³-hybridized carbons (Fsp3) is 0.417. The number of rotatable bonds is 7. The summed E-state index contributed by atoms with van der Waals surface area (Å²) < 4.78 is 28.0. The number of halogens is 3. The average molecular weight is 278 g/mol. The minimum Gasteiger partial charge on any atom is -0.435 e. The molecule has 18 heavy (non-hydrogen) atoms. The second-order valence-electron chi connectivity index (χ2n) is 3.59. The van der Waals surface area contributed by atoms with Crippen molar-refractivity contribution in [1.29, 1.82) is 0 Å². The average Bonchev–Trinajstić information content (AvgIpc) is 2.35. The third-order valence-electron chi connectivity index (χ3n) is 2.18. The van der Waals surface area contributed by atoms with Crippen LogP contribution >= 0.6 is 11.6 Å². The highest BCUT2D eigenvalue weighted by Crippen LogP contribution is 2.14. The van der Waals surface area contributed by atoms with Gasteiger partial charge in [-0.1, -0.05) is 12.1 Å². The highest BCUT2D eigenvalue weighted by Gasteiger charge is 2.04. The molecule has 1 aromatic carbocycles. The smallest absolute Gasteiger partial charge is 0.387 e. The van der Waals surface area contributed by atoms with Crippen molar-refractivity contribution in [1.82, 2.24) is 5.32 Å². The van der Waals surface area contributed by atoms with E-state index < -0.39 is 6.61 Å². The van der Waals surface area contributed by atoms with E-state index in [4.69, 9.17) is 11.6 Å². The fourth-order valence-corrected chi connectivity index (χ4v) is 1.44. The first-order valence-electron chi connectivity index (χ1n) is 5.48. The van der Waals surface area contributed by atoms with E-state index in [1.165, 1.54) is 12.1 Å². The molecule has 0 aliphatic carbocycles. The van der Waals surface area contributed by atoms with Crippen LogP contribution in [-0.2, 0) is 11.3 Å². The van der Waals surface area contributed by atoms with Gasteiger partial charge >= 0.3 is 6.61 Å². The zero-order chi connectivity index (χ0) is 13.4. The summed E-state index contributed by atoms with van der Waals surface area (Å²) in [6.07, 6.45) is 1.02. The third kappa shape index (κ3) is 5.82. The van der Waals surface area contributed by atoms with Gasteiger partial charge in [-0.25, -0.2) is 0 Å². The van der Waals surface area contributed by atoms with Crippen LogP contribution < -0.4 is 10.1 Å². The summed E-state index contributed by atoms with van der Waals surface area (Å²) >= 11 is 5.47. The van der Waals surface area contributed by atoms with Gasteiger partial charge in [-0.05, 0) is 24.1 Å². The summed E-state index contributed by atoms with van der Waals surface area (Å²) in [5.41, 5.74) is 0.816. The van der Waals surface area contributed by atoms with E-state index in [1.807, 2.05) is 0 Å². The number of nitrogens with one attached hydrogen (secondary N) is 1. The lowest BCUT2D eigenvalue weighted by atomic mass is 10.2. The molecular weight excluding hydrogens is 264 g/mol. The van der Waals surface area contributed by atoms with Crippen LogP contribution in [0.3, 0.4) is 0 Å². The van der Waals surface area contributed by atoms with Crippen LogP contribution in [-0.4, -0.2) is 18.4 Å². The normalized spacial score (nSPS) is 10.4. The van der Waals surface area contributed by atoms with E-state index >= 15 is 0 Å². The molecule has 0 fully saturated rings. The number of alkyl halides is 3. The standard InChI is InChI=1S/C12H14ClF2NO2/c13-7-1-2-11(17)16-8-9-3-5-10(6-4-9)18-12(14)15/h3-6,12H,1-2,7-8H2,(H,16,17). The van der Waals surface area contributed by atoms with E-state index in [-0.39, 0.29) is 11.7 Å². The summed E-state index contributed by atoms with van der Waals surface area (Å²) in [5, 5.41) is 2.71.